The highest BCUT2D eigenvalue weighted by Crippen LogP contribution is 2.15. The summed E-state index contributed by atoms with van der Waals surface area (Å²) in [6, 6.07) is 8.29. The van der Waals surface area contributed by atoms with Crippen LogP contribution in [0.3, 0.4) is 0 Å². The molecule has 0 spiro atoms. The van der Waals surface area contributed by atoms with Gasteiger partial charge in [-0.1, -0.05) is 12.1 Å². The molecule has 0 aliphatic carbocycles. The molecular weight excluding hydrogens is 258 g/mol. The number of hydrogen-bond donors (Lipinski definition) is 1. The van der Waals surface area contributed by atoms with Crippen molar-refractivity contribution in [3.8, 4) is 0 Å². The van der Waals surface area contributed by atoms with Gasteiger partial charge >= 0.3 is 0 Å². The molecule has 7 heteroatoms. The molecule has 3 rings (SSSR count). The van der Waals surface area contributed by atoms with Gasteiger partial charge in [0.2, 0.25) is 0 Å². The van der Waals surface area contributed by atoms with E-state index in [4.69, 9.17) is 0 Å². The fourth-order valence-electron chi connectivity index (χ4n) is 1.92. The van der Waals surface area contributed by atoms with Crippen LogP contribution in [0.5, 0.6) is 0 Å². The van der Waals surface area contributed by atoms with Gasteiger partial charge in [0, 0.05) is 31.1 Å². The lowest BCUT2D eigenvalue weighted by atomic mass is 10.2. The van der Waals surface area contributed by atoms with Crippen LogP contribution in [-0.4, -0.2) is 19.5 Å². The summed E-state index contributed by atoms with van der Waals surface area (Å²) >= 11 is 0. The van der Waals surface area contributed by atoms with E-state index in [9.17, 15) is 10.1 Å². The molecule has 3 aromatic rings. The highest BCUT2D eigenvalue weighted by molar-refractivity contribution is 5.66. The van der Waals surface area contributed by atoms with Gasteiger partial charge in [0.25, 0.3) is 5.69 Å². The highest BCUT2D eigenvalue weighted by Gasteiger charge is 2.05. The van der Waals surface area contributed by atoms with E-state index in [1.54, 1.807) is 35.2 Å². The van der Waals surface area contributed by atoms with Crippen LogP contribution < -0.4 is 5.32 Å². The summed E-state index contributed by atoms with van der Waals surface area (Å²) in [5, 5.41) is 17.9. The van der Waals surface area contributed by atoms with Gasteiger partial charge in [0.15, 0.2) is 5.82 Å². The van der Waals surface area contributed by atoms with Gasteiger partial charge in [-0.3, -0.25) is 10.1 Å². The molecule has 0 bridgehead atoms. The lowest BCUT2D eigenvalue weighted by Gasteiger charge is -2.06. The molecule has 100 valence electrons. The Morgan fingerprint density at radius 1 is 1.20 bits per heavy atom. The molecule has 0 aliphatic heterocycles. The van der Waals surface area contributed by atoms with Gasteiger partial charge in [0.05, 0.1) is 11.1 Å². The summed E-state index contributed by atoms with van der Waals surface area (Å²) in [7, 11) is 0. The normalized spacial score (nSPS) is 10.6. The number of nitro benzene ring substituents is 1. The number of benzene rings is 1. The van der Waals surface area contributed by atoms with Gasteiger partial charge in [-0.05, 0) is 11.6 Å². The second-order valence-corrected chi connectivity index (χ2v) is 4.21. The van der Waals surface area contributed by atoms with Crippen molar-refractivity contribution in [2.75, 3.05) is 5.32 Å². The minimum Gasteiger partial charge on any atom is -0.364 e. The van der Waals surface area contributed by atoms with Gasteiger partial charge in [-0.15, -0.1) is 0 Å². The van der Waals surface area contributed by atoms with Crippen LogP contribution in [0, 0.1) is 10.1 Å². The molecule has 0 fully saturated rings. The first-order valence-electron chi connectivity index (χ1n) is 5.99. The Labute approximate surface area is 114 Å². The van der Waals surface area contributed by atoms with Crippen LogP contribution in [0.25, 0.3) is 5.52 Å². The predicted molar refractivity (Wildman–Crippen MR) is 73.4 cm³/mol. The van der Waals surface area contributed by atoms with Gasteiger partial charge in [0.1, 0.15) is 5.52 Å². The number of aromatic nitrogens is 3. The van der Waals surface area contributed by atoms with Crippen LogP contribution in [0.1, 0.15) is 5.56 Å². The number of hydrogen-bond acceptors (Lipinski definition) is 5. The second-order valence-electron chi connectivity index (χ2n) is 4.21. The van der Waals surface area contributed by atoms with Crippen LogP contribution >= 0.6 is 0 Å². The molecule has 0 amide bonds. The van der Waals surface area contributed by atoms with Crippen molar-refractivity contribution in [1.82, 2.24) is 14.6 Å². The molecule has 2 aromatic heterocycles. The number of rotatable bonds is 4. The maximum Gasteiger partial charge on any atom is 0.269 e. The summed E-state index contributed by atoms with van der Waals surface area (Å²) in [6.45, 7) is 0.538. The summed E-state index contributed by atoms with van der Waals surface area (Å²) in [5.41, 5.74) is 1.91. The van der Waals surface area contributed by atoms with Crippen LogP contribution in [-0.2, 0) is 6.54 Å². The standard InChI is InChI=1S/C13H11N5O2/c19-18(20)11-3-1-10(2-4-11)9-15-13-12-5-6-16-17(12)8-7-14-13/h1-8H,9H2,(H,14,15). The minimum absolute atomic E-state index is 0.0877. The molecule has 20 heavy (non-hydrogen) atoms. The lowest BCUT2D eigenvalue weighted by Crippen LogP contribution is -2.03. The minimum atomic E-state index is -0.411. The number of nitrogens with zero attached hydrogens (tertiary/aromatic N) is 4. The van der Waals surface area contributed by atoms with Crippen LogP contribution in [0.4, 0.5) is 11.5 Å². The first-order valence-corrected chi connectivity index (χ1v) is 5.99. The van der Waals surface area contributed by atoms with Crippen molar-refractivity contribution in [3.63, 3.8) is 0 Å². The fraction of sp³-hybridized carbons (Fsp3) is 0.0769. The zero-order valence-electron chi connectivity index (χ0n) is 10.4. The van der Waals surface area contributed by atoms with Crippen molar-refractivity contribution >= 4 is 17.0 Å². The second kappa shape index (κ2) is 4.96. The van der Waals surface area contributed by atoms with Crippen molar-refractivity contribution < 1.29 is 4.92 Å². The molecule has 0 saturated carbocycles. The molecule has 0 unspecified atom stereocenters. The third-order valence-corrected chi connectivity index (χ3v) is 2.93. The molecule has 1 aromatic carbocycles. The smallest absolute Gasteiger partial charge is 0.269 e. The van der Waals surface area contributed by atoms with E-state index in [1.807, 2.05) is 6.07 Å². The summed E-state index contributed by atoms with van der Waals surface area (Å²) < 4.78 is 1.73. The highest BCUT2D eigenvalue weighted by atomic mass is 16.6. The van der Waals surface area contributed by atoms with E-state index < -0.39 is 4.92 Å². The average Bonchev–Trinajstić information content (AvgIpc) is 2.94. The van der Waals surface area contributed by atoms with E-state index >= 15 is 0 Å². The van der Waals surface area contributed by atoms with E-state index in [0.717, 1.165) is 16.9 Å². The Morgan fingerprint density at radius 3 is 2.75 bits per heavy atom. The average molecular weight is 269 g/mol. The summed E-state index contributed by atoms with van der Waals surface area (Å²) in [6.07, 6.45) is 5.14. The van der Waals surface area contributed by atoms with Crippen LogP contribution in [0.15, 0.2) is 48.9 Å². The molecule has 1 N–H and O–H groups in total. The van der Waals surface area contributed by atoms with E-state index in [-0.39, 0.29) is 5.69 Å². The first-order chi connectivity index (χ1) is 9.74. The zero-order valence-corrected chi connectivity index (χ0v) is 10.4. The molecule has 0 radical (unpaired) electrons. The SMILES string of the molecule is O=[N+]([O-])c1ccc(CNc2nccn3nccc23)cc1. The third kappa shape index (κ3) is 2.28. The Morgan fingerprint density at radius 2 is 2.00 bits per heavy atom. The Hall–Kier alpha value is -2.96. The predicted octanol–water partition coefficient (Wildman–Crippen LogP) is 2.25. The number of non-ortho nitro benzene ring substituents is 1. The maximum atomic E-state index is 10.6. The molecule has 7 nitrogen and oxygen atoms in total. The number of fused-ring (bicyclic) bond motifs is 1. The first kappa shape index (κ1) is 12.1. The summed E-state index contributed by atoms with van der Waals surface area (Å²) in [4.78, 5) is 14.4. The van der Waals surface area contributed by atoms with E-state index in [0.29, 0.717) is 6.54 Å². The summed E-state index contributed by atoms with van der Waals surface area (Å²) in [5.74, 6) is 0.725. The Bertz CT molecular complexity index is 751. The topological polar surface area (TPSA) is 85.4 Å². The fourth-order valence-corrected chi connectivity index (χ4v) is 1.92. The molecule has 0 atom stereocenters. The molecule has 2 heterocycles. The van der Waals surface area contributed by atoms with Gasteiger partial charge in [-0.25, -0.2) is 9.50 Å². The van der Waals surface area contributed by atoms with Crippen molar-refractivity contribution in [1.29, 1.82) is 0 Å². The number of nitrogens with one attached hydrogen (secondary N) is 1. The Kier molecular flexibility index (Phi) is 3.00. The molecule has 0 aliphatic rings. The van der Waals surface area contributed by atoms with Crippen LogP contribution in [0.2, 0.25) is 0 Å². The largest absolute Gasteiger partial charge is 0.364 e. The molecular formula is C13H11N5O2. The Balaban J connectivity index is 1.76. The van der Waals surface area contributed by atoms with E-state index in [1.165, 1.54) is 12.1 Å². The molecule has 0 saturated heterocycles. The zero-order chi connectivity index (χ0) is 13.9. The van der Waals surface area contributed by atoms with E-state index in [2.05, 4.69) is 15.4 Å². The monoisotopic (exact) mass is 269 g/mol. The lowest BCUT2D eigenvalue weighted by molar-refractivity contribution is -0.384. The van der Waals surface area contributed by atoms with Gasteiger partial charge in [-0.2, -0.15) is 5.10 Å². The van der Waals surface area contributed by atoms with Crippen molar-refractivity contribution in [3.05, 3.63) is 64.6 Å². The van der Waals surface area contributed by atoms with Gasteiger partial charge < -0.3 is 5.32 Å². The van der Waals surface area contributed by atoms with Crippen molar-refractivity contribution in [2.24, 2.45) is 0 Å². The number of nitro groups is 1. The van der Waals surface area contributed by atoms with Crippen molar-refractivity contribution in [2.45, 2.75) is 6.54 Å². The quantitative estimate of drug-likeness (QED) is 0.580. The number of anilines is 1. The third-order valence-electron chi connectivity index (χ3n) is 2.93. The maximum absolute atomic E-state index is 10.6.